The standard InChI is InChI=1S/C20H25N5O4/c1-15(14-28-2)21-20-22-17(9-8-16-6-4-3-5-7-16)18(25(26)27)19(23-20)24-10-12-29-13-11-24/h3-9,15H,10-14H2,1-2H3,(H,21,22,23). The van der Waals surface area contributed by atoms with Crippen molar-refractivity contribution in [2.24, 2.45) is 0 Å². The van der Waals surface area contributed by atoms with E-state index in [1.54, 1.807) is 19.3 Å². The van der Waals surface area contributed by atoms with Gasteiger partial charge in [0.05, 0.1) is 24.7 Å². The molecule has 1 saturated heterocycles. The molecule has 1 fully saturated rings. The van der Waals surface area contributed by atoms with Crippen molar-refractivity contribution in [3.8, 4) is 0 Å². The van der Waals surface area contributed by atoms with Gasteiger partial charge >= 0.3 is 5.69 Å². The van der Waals surface area contributed by atoms with Crippen LogP contribution in [-0.4, -0.2) is 61.0 Å². The molecule has 1 aliphatic heterocycles. The predicted octanol–water partition coefficient (Wildman–Crippen LogP) is 2.84. The highest BCUT2D eigenvalue weighted by Gasteiger charge is 2.28. The largest absolute Gasteiger partial charge is 0.383 e. The first-order valence-corrected chi connectivity index (χ1v) is 9.46. The molecule has 0 aliphatic carbocycles. The van der Waals surface area contributed by atoms with E-state index in [1.807, 2.05) is 42.2 Å². The molecule has 1 aromatic heterocycles. The number of hydrogen-bond acceptors (Lipinski definition) is 8. The normalized spacial score (nSPS) is 15.4. The highest BCUT2D eigenvalue weighted by atomic mass is 16.6. The van der Waals surface area contributed by atoms with Gasteiger partial charge in [-0.1, -0.05) is 36.4 Å². The average Bonchev–Trinajstić information content (AvgIpc) is 2.73. The summed E-state index contributed by atoms with van der Waals surface area (Å²) in [5.74, 6) is 0.627. The van der Waals surface area contributed by atoms with E-state index in [1.165, 1.54) is 0 Å². The van der Waals surface area contributed by atoms with E-state index in [0.29, 0.717) is 44.7 Å². The smallest absolute Gasteiger partial charge is 0.337 e. The summed E-state index contributed by atoms with van der Waals surface area (Å²) in [5, 5.41) is 15.1. The molecular formula is C20H25N5O4. The van der Waals surface area contributed by atoms with E-state index in [0.717, 1.165) is 5.56 Å². The summed E-state index contributed by atoms with van der Waals surface area (Å²) in [4.78, 5) is 22.3. The van der Waals surface area contributed by atoms with Crippen molar-refractivity contribution in [2.45, 2.75) is 13.0 Å². The number of nitro groups is 1. The lowest BCUT2D eigenvalue weighted by Gasteiger charge is -2.28. The van der Waals surface area contributed by atoms with Crippen LogP contribution in [0.15, 0.2) is 30.3 Å². The van der Waals surface area contributed by atoms with Crippen molar-refractivity contribution in [2.75, 3.05) is 50.2 Å². The maximum Gasteiger partial charge on any atom is 0.337 e. The van der Waals surface area contributed by atoms with Crippen LogP contribution in [-0.2, 0) is 9.47 Å². The Morgan fingerprint density at radius 2 is 2.00 bits per heavy atom. The summed E-state index contributed by atoms with van der Waals surface area (Å²) in [6.07, 6.45) is 3.46. The monoisotopic (exact) mass is 399 g/mol. The van der Waals surface area contributed by atoms with E-state index >= 15 is 0 Å². The molecule has 154 valence electrons. The number of hydrogen-bond donors (Lipinski definition) is 1. The lowest BCUT2D eigenvalue weighted by molar-refractivity contribution is -0.384. The van der Waals surface area contributed by atoms with Crippen molar-refractivity contribution in [3.05, 3.63) is 51.7 Å². The average molecular weight is 399 g/mol. The molecule has 1 unspecified atom stereocenters. The third-order valence-corrected chi connectivity index (χ3v) is 4.41. The fraction of sp³-hybridized carbons (Fsp3) is 0.400. The van der Waals surface area contributed by atoms with Crippen molar-refractivity contribution >= 4 is 29.6 Å². The van der Waals surface area contributed by atoms with Crippen LogP contribution in [0.25, 0.3) is 12.2 Å². The molecule has 1 N–H and O–H groups in total. The van der Waals surface area contributed by atoms with Gasteiger partial charge in [-0.05, 0) is 18.6 Å². The van der Waals surface area contributed by atoms with E-state index in [-0.39, 0.29) is 17.4 Å². The third-order valence-electron chi connectivity index (χ3n) is 4.41. The van der Waals surface area contributed by atoms with Crippen LogP contribution in [0.3, 0.4) is 0 Å². The summed E-state index contributed by atoms with van der Waals surface area (Å²) in [5.41, 5.74) is 1.07. The fourth-order valence-electron chi connectivity index (χ4n) is 3.06. The first-order valence-electron chi connectivity index (χ1n) is 9.46. The second kappa shape index (κ2) is 9.94. The minimum absolute atomic E-state index is 0.0510. The number of rotatable bonds is 8. The van der Waals surface area contributed by atoms with Crippen LogP contribution in [0.5, 0.6) is 0 Å². The van der Waals surface area contributed by atoms with Gasteiger partial charge < -0.3 is 19.7 Å². The van der Waals surface area contributed by atoms with Gasteiger partial charge in [0.15, 0.2) is 0 Å². The molecule has 1 atom stereocenters. The van der Waals surface area contributed by atoms with E-state index < -0.39 is 4.92 Å². The van der Waals surface area contributed by atoms with Gasteiger partial charge in [0.1, 0.15) is 5.69 Å². The second-order valence-corrected chi connectivity index (χ2v) is 6.71. The highest BCUT2D eigenvalue weighted by Crippen LogP contribution is 2.32. The Kier molecular flexibility index (Phi) is 7.09. The van der Waals surface area contributed by atoms with Gasteiger partial charge in [0, 0.05) is 26.2 Å². The van der Waals surface area contributed by atoms with E-state index in [4.69, 9.17) is 9.47 Å². The summed E-state index contributed by atoms with van der Waals surface area (Å²) in [7, 11) is 1.61. The highest BCUT2D eigenvalue weighted by molar-refractivity contribution is 5.77. The Morgan fingerprint density at radius 1 is 1.28 bits per heavy atom. The summed E-state index contributed by atoms with van der Waals surface area (Å²) >= 11 is 0. The topological polar surface area (TPSA) is 103 Å². The van der Waals surface area contributed by atoms with Crippen molar-refractivity contribution < 1.29 is 14.4 Å². The molecule has 29 heavy (non-hydrogen) atoms. The van der Waals surface area contributed by atoms with Crippen molar-refractivity contribution in [1.29, 1.82) is 0 Å². The molecule has 2 aromatic rings. The SMILES string of the molecule is COCC(C)Nc1nc(C=Cc2ccccc2)c([N+](=O)[O-])c(N2CCOCC2)n1. The van der Waals surface area contributed by atoms with Crippen LogP contribution in [0.2, 0.25) is 0 Å². The van der Waals surface area contributed by atoms with Crippen LogP contribution >= 0.6 is 0 Å². The predicted molar refractivity (Wildman–Crippen MR) is 112 cm³/mol. The molecule has 1 aliphatic rings. The number of ether oxygens (including phenoxy) is 2. The van der Waals surface area contributed by atoms with Crippen LogP contribution in [0.1, 0.15) is 18.2 Å². The lowest BCUT2D eigenvalue weighted by Crippen LogP contribution is -2.37. The molecule has 0 saturated carbocycles. The summed E-state index contributed by atoms with van der Waals surface area (Å²) in [6, 6.07) is 9.53. The molecule has 0 spiro atoms. The Bertz CT molecular complexity index is 853. The van der Waals surface area contributed by atoms with Crippen LogP contribution < -0.4 is 10.2 Å². The number of nitrogens with zero attached hydrogens (tertiary/aromatic N) is 4. The van der Waals surface area contributed by atoms with Gasteiger partial charge in [-0.3, -0.25) is 10.1 Å². The number of methoxy groups -OCH3 is 1. The molecule has 0 bridgehead atoms. The van der Waals surface area contributed by atoms with Gasteiger partial charge in [0.25, 0.3) is 0 Å². The number of morpholine rings is 1. The zero-order valence-corrected chi connectivity index (χ0v) is 16.6. The number of benzene rings is 1. The Morgan fingerprint density at radius 3 is 2.66 bits per heavy atom. The number of anilines is 2. The van der Waals surface area contributed by atoms with E-state index in [9.17, 15) is 10.1 Å². The van der Waals surface area contributed by atoms with Crippen molar-refractivity contribution in [1.82, 2.24) is 9.97 Å². The molecular weight excluding hydrogens is 374 g/mol. The maximum atomic E-state index is 11.9. The fourth-order valence-corrected chi connectivity index (χ4v) is 3.06. The molecule has 2 heterocycles. The summed E-state index contributed by atoms with van der Waals surface area (Å²) in [6.45, 7) is 4.46. The van der Waals surface area contributed by atoms with Crippen LogP contribution in [0, 0.1) is 10.1 Å². The first kappa shape index (κ1) is 20.7. The minimum atomic E-state index is -0.419. The summed E-state index contributed by atoms with van der Waals surface area (Å²) < 4.78 is 10.5. The Labute approximate surface area is 169 Å². The lowest BCUT2D eigenvalue weighted by atomic mass is 10.2. The second-order valence-electron chi connectivity index (χ2n) is 6.71. The zero-order valence-electron chi connectivity index (χ0n) is 16.6. The van der Waals surface area contributed by atoms with Gasteiger partial charge in [-0.15, -0.1) is 0 Å². The molecule has 3 rings (SSSR count). The molecule has 9 heteroatoms. The third kappa shape index (κ3) is 5.49. The van der Waals surface area contributed by atoms with E-state index in [2.05, 4.69) is 15.3 Å². The molecule has 0 radical (unpaired) electrons. The van der Waals surface area contributed by atoms with Gasteiger partial charge in [0.2, 0.25) is 11.8 Å². The first-order chi connectivity index (χ1) is 14.1. The minimum Gasteiger partial charge on any atom is -0.383 e. The van der Waals surface area contributed by atoms with Crippen LogP contribution in [0.4, 0.5) is 17.5 Å². The molecule has 1 aromatic carbocycles. The van der Waals surface area contributed by atoms with Gasteiger partial charge in [-0.2, -0.15) is 4.98 Å². The zero-order chi connectivity index (χ0) is 20.6. The number of nitrogens with one attached hydrogen (secondary N) is 1. The Hall–Kier alpha value is -3.04. The molecule has 0 amide bonds. The van der Waals surface area contributed by atoms with Gasteiger partial charge in [-0.25, -0.2) is 4.98 Å². The Balaban J connectivity index is 2.04. The quantitative estimate of drug-likeness (QED) is 0.534. The number of aromatic nitrogens is 2. The molecule has 9 nitrogen and oxygen atoms in total. The van der Waals surface area contributed by atoms with Crippen molar-refractivity contribution in [3.63, 3.8) is 0 Å². The maximum absolute atomic E-state index is 11.9.